The molecular formula is C15H16N4O5S. The van der Waals surface area contributed by atoms with E-state index in [-0.39, 0.29) is 17.1 Å². The molecule has 0 bridgehead atoms. The number of hydrogen-bond acceptors (Lipinski definition) is 6. The Kier molecular flexibility index (Phi) is 4.31. The van der Waals surface area contributed by atoms with Gasteiger partial charge in [-0.1, -0.05) is 12.1 Å². The lowest BCUT2D eigenvalue weighted by Crippen LogP contribution is -2.35. The predicted octanol–water partition coefficient (Wildman–Crippen LogP) is -0.0908. The summed E-state index contributed by atoms with van der Waals surface area (Å²) in [5, 5.41) is 2.48. The van der Waals surface area contributed by atoms with Crippen molar-refractivity contribution >= 4 is 21.9 Å². The van der Waals surface area contributed by atoms with E-state index in [0.717, 1.165) is 4.31 Å². The lowest BCUT2D eigenvalue weighted by atomic mass is 10.2. The van der Waals surface area contributed by atoms with Gasteiger partial charge in [0.15, 0.2) is 5.69 Å². The van der Waals surface area contributed by atoms with Crippen LogP contribution in [0.2, 0.25) is 0 Å². The van der Waals surface area contributed by atoms with Crippen molar-refractivity contribution in [3.8, 4) is 5.69 Å². The zero-order valence-electron chi connectivity index (χ0n) is 13.6. The van der Waals surface area contributed by atoms with Gasteiger partial charge in [0.2, 0.25) is 10.0 Å². The summed E-state index contributed by atoms with van der Waals surface area (Å²) in [5.74, 6) is -1.14. The first-order chi connectivity index (χ1) is 11.9. The summed E-state index contributed by atoms with van der Waals surface area (Å²) >= 11 is 0. The van der Waals surface area contributed by atoms with Crippen molar-refractivity contribution in [1.29, 1.82) is 0 Å². The molecule has 0 spiro atoms. The number of imidazole rings is 1. The number of methoxy groups -OCH3 is 1. The molecule has 0 radical (unpaired) electrons. The first-order valence-electron chi connectivity index (χ1n) is 7.34. The largest absolute Gasteiger partial charge is 0.468 e. The minimum absolute atomic E-state index is 0.0264. The van der Waals surface area contributed by atoms with Gasteiger partial charge in [0.05, 0.1) is 25.0 Å². The molecule has 2 aromatic rings. The van der Waals surface area contributed by atoms with E-state index >= 15 is 0 Å². The molecule has 0 atom stereocenters. The Morgan fingerprint density at radius 1 is 1.32 bits per heavy atom. The summed E-state index contributed by atoms with van der Waals surface area (Å²) in [5.41, 5.74) is 0.841. The standard InChI is InChI=1S/C15H16N4O5S/c1-16-15(21)14-11-7-18(8-13(20)24-2)25(22,23)12-6-4-3-5-10(12)19(11)9-17-14/h3-6,9H,7-8H2,1-2H3,(H,16,21). The first-order valence-corrected chi connectivity index (χ1v) is 8.78. The summed E-state index contributed by atoms with van der Waals surface area (Å²) in [7, 11) is -1.32. The van der Waals surface area contributed by atoms with Crippen molar-refractivity contribution in [1.82, 2.24) is 19.2 Å². The maximum absolute atomic E-state index is 13.0. The summed E-state index contributed by atoms with van der Waals surface area (Å²) in [6.45, 7) is -0.652. The van der Waals surface area contributed by atoms with Crippen molar-refractivity contribution in [3.05, 3.63) is 42.0 Å². The molecule has 10 heteroatoms. The number of carbonyl (C=O) groups excluding carboxylic acids is 2. The van der Waals surface area contributed by atoms with Gasteiger partial charge in [-0.3, -0.25) is 14.2 Å². The molecule has 1 aromatic carbocycles. The minimum atomic E-state index is -3.96. The zero-order valence-corrected chi connectivity index (χ0v) is 14.4. The molecule has 132 valence electrons. The fraction of sp³-hybridized carbons (Fsp3) is 0.267. The molecule has 0 fully saturated rings. The number of nitrogens with zero attached hydrogens (tertiary/aromatic N) is 3. The van der Waals surface area contributed by atoms with Gasteiger partial charge < -0.3 is 10.1 Å². The average molecular weight is 364 g/mol. The third kappa shape index (κ3) is 2.79. The van der Waals surface area contributed by atoms with Crippen LogP contribution in [0.1, 0.15) is 16.2 Å². The Morgan fingerprint density at radius 3 is 2.72 bits per heavy atom. The fourth-order valence-electron chi connectivity index (χ4n) is 2.66. The van der Waals surface area contributed by atoms with E-state index in [9.17, 15) is 18.0 Å². The van der Waals surface area contributed by atoms with Crippen LogP contribution in [-0.4, -0.2) is 54.9 Å². The van der Waals surface area contributed by atoms with E-state index in [1.807, 2.05) is 0 Å². The van der Waals surface area contributed by atoms with Crippen LogP contribution >= 0.6 is 0 Å². The number of nitrogens with one attached hydrogen (secondary N) is 1. The maximum Gasteiger partial charge on any atom is 0.321 e. The van der Waals surface area contributed by atoms with Gasteiger partial charge in [0, 0.05) is 7.05 Å². The number of rotatable bonds is 3. The van der Waals surface area contributed by atoms with E-state index in [2.05, 4.69) is 15.0 Å². The van der Waals surface area contributed by atoms with E-state index in [4.69, 9.17) is 0 Å². The molecule has 1 aliphatic heterocycles. The highest BCUT2D eigenvalue weighted by Crippen LogP contribution is 2.31. The van der Waals surface area contributed by atoms with Crippen LogP contribution in [0.4, 0.5) is 0 Å². The highest BCUT2D eigenvalue weighted by molar-refractivity contribution is 7.89. The van der Waals surface area contributed by atoms with Crippen LogP contribution in [0.3, 0.4) is 0 Å². The first kappa shape index (κ1) is 17.1. The van der Waals surface area contributed by atoms with Crippen LogP contribution in [0.15, 0.2) is 35.5 Å². The number of para-hydroxylation sites is 1. The fourth-order valence-corrected chi connectivity index (χ4v) is 4.18. The molecule has 1 N–H and O–H groups in total. The lowest BCUT2D eigenvalue weighted by Gasteiger charge is -2.18. The Hall–Kier alpha value is -2.72. The topological polar surface area (TPSA) is 111 Å². The third-order valence-electron chi connectivity index (χ3n) is 3.91. The number of hydrogen-bond donors (Lipinski definition) is 1. The van der Waals surface area contributed by atoms with Gasteiger partial charge in [-0.25, -0.2) is 13.4 Å². The number of ether oxygens (including phenoxy) is 1. The van der Waals surface area contributed by atoms with E-state index < -0.39 is 28.4 Å². The summed E-state index contributed by atoms with van der Waals surface area (Å²) in [4.78, 5) is 27.9. The number of esters is 1. The van der Waals surface area contributed by atoms with Gasteiger partial charge in [0.25, 0.3) is 5.91 Å². The quantitative estimate of drug-likeness (QED) is 0.762. The van der Waals surface area contributed by atoms with Crippen molar-refractivity contribution in [2.24, 2.45) is 0 Å². The second-order valence-corrected chi connectivity index (χ2v) is 7.21. The SMILES string of the molecule is CNC(=O)c1ncn2c1CN(CC(=O)OC)S(=O)(=O)c1ccccc1-2. The number of amides is 1. The highest BCUT2D eigenvalue weighted by Gasteiger charge is 2.35. The van der Waals surface area contributed by atoms with E-state index in [0.29, 0.717) is 11.4 Å². The van der Waals surface area contributed by atoms with E-state index in [1.165, 1.54) is 26.6 Å². The van der Waals surface area contributed by atoms with Gasteiger partial charge >= 0.3 is 5.97 Å². The molecule has 0 saturated heterocycles. The molecule has 0 saturated carbocycles. The Balaban J connectivity index is 2.24. The van der Waals surface area contributed by atoms with Crippen molar-refractivity contribution in [2.75, 3.05) is 20.7 Å². The number of sulfonamides is 1. The van der Waals surface area contributed by atoms with Crippen LogP contribution in [0.25, 0.3) is 5.69 Å². The Morgan fingerprint density at radius 2 is 2.04 bits per heavy atom. The third-order valence-corrected chi connectivity index (χ3v) is 5.75. The molecule has 0 unspecified atom stereocenters. The van der Waals surface area contributed by atoms with Crippen molar-refractivity contribution < 1.29 is 22.7 Å². The smallest absolute Gasteiger partial charge is 0.321 e. The number of fused-ring (bicyclic) bond motifs is 3. The second kappa shape index (κ2) is 6.30. The summed E-state index contributed by atoms with van der Waals surface area (Å²) in [6, 6.07) is 6.35. The number of aromatic nitrogens is 2. The van der Waals surface area contributed by atoms with Gasteiger partial charge in [-0.15, -0.1) is 0 Å². The predicted molar refractivity (Wildman–Crippen MR) is 86.6 cm³/mol. The summed E-state index contributed by atoms with van der Waals surface area (Å²) in [6.07, 6.45) is 1.40. The minimum Gasteiger partial charge on any atom is -0.468 e. The maximum atomic E-state index is 13.0. The van der Waals surface area contributed by atoms with Gasteiger partial charge in [-0.05, 0) is 12.1 Å². The molecule has 9 nitrogen and oxygen atoms in total. The van der Waals surface area contributed by atoms with Crippen LogP contribution in [0.5, 0.6) is 0 Å². The molecule has 25 heavy (non-hydrogen) atoms. The van der Waals surface area contributed by atoms with Crippen molar-refractivity contribution in [3.63, 3.8) is 0 Å². The Labute approximate surface area is 144 Å². The van der Waals surface area contributed by atoms with Crippen LogP contribution in [0, 0.1) is 0 Å². The Bertz CT molecular complexity index is 951. The zero-order chi connectivity index (χ0) is 18.2. The number of carbonyl (C=O) groups is 2. The van der Waals surface area contributed by atoms with Gasteiger partial charge in [-0.2, -0.15) is 4.31 Å². The molecular weight excluding hydrogens is 348 g/mol. The average Bonchev–Trinajstić information content (AvgIpc) is 3.00. The second-order valence-electron chi connectivity index (χ2n) is 5.31. The van der Waals surface area contributed by atoms with Crippen LogP contribution in [-0.2, 0) is 26.1 Å². The lowest BCUT2D eigenvalue weighted by molar-refractivity contribution is -0.140. The molecule has 0 aliphatic carbocycles. The molecule has 1 amide bonds. The molecule has 1 aliphatic rings. The van der Waals surface area contributed by atoms with Gasteiger partial charge in [0.1, 0.15) is 17.8 Å². The monoisotopic (exact) mass is 364 g/mol. The van der Waals surface area contributed by atoms with Crippen LogP contribution < -0.4 is 5.32 Å². The molecule has 3 rings (SSSR count). The summed E-state index contributed by atoms with van der Waals surface area (Å²) < 4.78 is 33.1. The molecule has 2 heterocycles. The van der Waals surface area contributed by atoms with E-state index in [1.54, 1.807) is 22.8 Å². The molecule has 1 aromatic heterocycles. The number of benzene rings is 1. The highest BCUT2D eigenvalue weighted by atomic mass is 32.2. The van der Waals surface area contributed by atoms with Crippen molar-refractivity contribution in [2.45, 2.75) is 11.4 Å². The normalized spacial score (nSPS) is 15.6.